The summed E-state index contributed by atoms with van der Waals surface area (Å²) in [5.41, 5.74) is 0. The highest BCUT2D eigenvalue weighted by Crippen LogP contribution is 2.04. The molecule has 0 saturated carbocycles. The molecule has 1 N–H and O–H groups in total. The monoisotopic (exact) mass is 256 g/mol. The van der Waals surface area contributed by atoms with Crippen molar-refractivity contribution in [1.29, 1.82) is 0 Å². The minimum atomic E-state index is 0.0000846. The Bertz CT molecular complexity index is 203. The summed E-state index contributed by atoms with van der Waals surface area (Å²) < 4.78 is 0. The second-order valence-corrected chi connectivity index (χ2v) is 4.96. The van der Waals surface area contributed by atoms with Crippen LogP contribution in [0.4, 0.5) is 0 Å². The molecule has 0 heterocycles. The summed E-state index contributed by atoms with van der Waals surface area (Å²) in [6.45, 7) is 11.1. The highest BCUT2D eigenvalue weighted by molar-refractivity contribution is 5.81. The number of rotatable bonds is 11. The molecule has 0 aromatic carbocycles. The third kappa shape index (κ3) is 7.70. The van der Waals surface area contributed by atoms with Crippen molar-refractivity contribution in [3.8, 4) is 0 Å². The Hall–Kier alpha value is -0.570. The molecule has 1 unspecified atom stereocenters. The van der Waals surface area contributed by atoms with Crippen molar-refractivity contribution in [2.45, 2.75) is 72.3 Å². The number of carbonyl (C=O) groups is 1. The molecule has 0 spiro atoms. The summed E-state index contributed by atoms with van der Waals surface area (Å²) in [6.07, 6.45) is 7.61. The number of amides is 1. The first-order valence-corrected chi connectivity index (χ1v) is 7.69. The number of hydrogen-bond donors (Lipinski definition) is 1. The number of unbranched alkanes of at least 4 members (excludes halogenated alkanes) is 5. The Kier molecular flexibility index (Phi) is 11.2. The van der Waals surface area contributed by atoms with Gasteiger partial charge >= 0.3 is 0 Å². The zero-order valence-electron chi connectivity index (χ0n) is 12.8. The fraction of sp³-hybridized carbons (Fsp3) is 0.933. The van der Waals surface area contributed by atoms with Gasteiger partial charge in [-0.2, -0.15) is 0 Å². The molecule has 3 heteroatoms. The molecule has 18 heavy (non-hydrogen) atoms. The van der Waals surface area contributed by atoms with E-state index in [1.165, 1.54) is 32.1 Å². The molecule has 1 amide bonds. The van der Waals surface area contributed by atoms with Crippen LogP contribution in [-0.4, -0.2) is 36.5 Å². The van der Waals surface area contributed by atoms with Crippen molar-refractivity contribution in [3.05, 3.63) is 0 Å². The summed E-state index contributed by atoms with van der Waals surface area (Å²) in [4.78, 5) is 14.1. The highest BCUT2D eigenvalue weighted by atomic mass is 16.2. The van der Waals surface area contributed by atoms with Crippen molar-refractivity contribution in [3.63, 3.8) is 0 Å². The van der Waals surface area contributed by atoms with E-state index in [0.29, 0.717) is 0 Å². The van der Waals surface area contributed by atoms with Gasteiger partial charge in [-0.15, -0.1) is 0 Å². The van der Waals surface area contributed by atoms with Crippen LogP contribution in [0.25, 0.3) is 0 Å². The first kappa shape index (κ1) is 17.4. The number of nitrogens with zero attached hydrogens (tertiary/aromatic N) is 1. The fourth-order valence-corrected chi connectivity index (χ4v) is 2.20. The molecule has 0 rings (SSSR count). The van der Waals surface area contributed by atoms with Gasteiger partial charge in [0.2, 0.25) is 5.91 Å². The summed E-state index contributed by atoms with van der Waals surface area (Å²) >= 11 is 0. The van der Waals surface area contributed by atoms with E-state index in [1.807, 2.05) is 6.92 Å². The van der Waals surface area contributed by atoms with E-state index < -0.39 is 0 Å². The predicted molar refractivity (Wildman–Crippen MR) is 78.8 cm³/mol. The second-order valence-electron chi connectivity index (χ2n) is 4.96. The lowest BCUT2D eigenvalue weighted by Gasteiger charge is -2.25. The second kappa shape index (κ2) is 11.5. The highest BCUT2D eigenvalue weighted by Gasteiger charge is 2.17. The largest absolute Gasteiger partial charge is 0.355 e. The van der Waals surface area contributed by atoms with Gasteiger partial charge in [-0.3, -0.25) is 9.69 Å². The number of carbonyl (C=O) groups excluding carboxylic acids is 1. The number of likely N-dealkylation sites (N-methyl/N-ethyl adjacent to an activating group) is 1. The molecule has 0 fully saturated rings. The Labute approximate surface area is 113 Å². The standard InChI is InChI=1S/C15H32N2O/c1-5-8-9-10-11-12-13-16-15(18)14(4)17(6-2)7-3/h14H,5-13H2,1-4H3,(H,16,18). The van der Waals surface area contributed by atoms with E-state index in [0.717, 1.165) is 26.1 Å². The van der Waals surface area contributed by atoms with E-state index in [2.05, 4.69) is 31.0 Å². The van der Waals surface area contributed by atoms with Crippen molar-refractivity contribution in [2.75, 3.05) is 19.6 Å². The zero-order chi connectivity index (χ0) is 13.8. The Balaban J connectivity index is 3.57. The van der Waals surface area contributed by atoms with Crippen LogP contribution in [0.15, 0.2) is 0 Å². The van der Waals surface area contributed by atoms with Gasteiger partial charge in [0.25, 0.3) is 0 Å². The lowest BCUT2D eigenvalue weighted by molar-refractivity contribution is -0.125. The third-order valence-electron chi connectivity index (χ3n) is 3.57. The average Bonchev–Trinajstić information content (AvgIpc) is 2.38. The summed E-state index contributed by atoms with van der Waals surface area (Å²) in [7, 11) is 0. The topological polar surface area (TPSA) is 32.3 Å². The van der Waals surface area contributed by atoms with Gasteiger partial charge in [0.15, 0.2) is 0 Å². The van der Waals surface area contributed by atoms with Crippen LogP contribution < -0.4 is 5.32 Å². The van der Waals surface area contributed by atoms with E-state index in [9.17, 15) is 4.79 Å². The molecule has 0 radical (unpaired) electrons. The molecule has 0 aliphatic heterocycles. The lowest BCUT2D eigenvalue weighted by Crippen LogP contribution is -2.45. The molecule has 3 nitrogen and oxygen atoms in total. The zero-order valence-corrected chi connectivity index (χ0v) is 12.8. The van der Waals surface area contributed by atoms with Crippen molar-refractivity contribution >= 4 is 5.91 Å². The molecule has 0 aliphatic carbocycles. The quantitative estimate of drug-likeness (QED) is 0.576. The fourth-order valence-electron chi connectivity index (χ4n) is 2.20. The first-order chi connectivity index (χ1) is 8.67. The average molecular weight is 256 g/mol. The minimum absolute atomic E-state index is 0.0000846. The molecule has 0 aromatic heterocycles. The van der Waals surface area contributed by atoms with Crippen LogP contribution >= 0.6 is 0 Å². The molecule has 0 saturated heterocycles. The van der Waals surface area contributed by atoms with E-state index >= 15 is 0 Å². The Morgan fingerprint density at radius 1 is 1.00 bits per heavy atom. The lowest BCUT2D eigenvalue weighted by atomic mass is 10.1. The summed E-state index contributed by atoms with van der Waals surface area (Å²) in [5, 5.41) is 3.04. The first-order valence-electron chi connectivity index (χ1n) is 7.69. The third-order valence-corrected chi connectivity index (χ3v) is 3.57. The minimum Gasteiger partial charge on any atom is -0.355 e. The van der Waals surface area contributed by atoms with Crippen LogP contribution in [0.1, 0.15) is 66.2 Å². The molecule has 0 aromatic rings. The van der Waals surface area contributed by atoms with Gasteiger partial charge in [-0.25, -0.2) is 0 Å². The van der Waals surface area contributed by atoms with Gasteiger partial charge in [-0.1, -0.05) is 52.9 Å². The van der Waals surface area contributed by atoms with Crippen LogP contribution in [0, 0.1) is 0 Å². The Morgan fingerprint density at radius 3 is 2.11 bits per heavy atom. The van der Waals surface area contributed by atoms with Crippen LogP contribution in [0.5, 0.6) is 0 Å². The summed E-state index contributed by atoms with van der Waals surface area (Å²) in [5.74, 6) is 0.173. The van der Waals surface area contributed by atoms with Crippen molar-refractivity contribution in [2.24, 2.45) is 0 Å². The molecule has 108 valence electrons. The number of hydrogen-bond acceptors (Lipinski definition) is 2. The predicted octanol–water partition coefficient (Wildman–Crippen LogP) is 3.19. The molecule has 1 atom stereocenters. The number of nitrogens with one attached hydrogen (secondary N) is 1. The van der Waals surface area contributed by atoms with E-state index in [-0.39, 0.29) is 11.9 Å². The SMILES string of the molecule is CCCCCCCCNC(=O)C(C)N(CC)CC. The smallest absolute Gasteiger partial charge is 0.237 e. The Morgan fingerprint density at radius 2 is 1.56 bits per heavy atom. The van der Waals surface area contributed by atoms with Gasteiger partial charge < -0.3 is 5.32 Å². The molecule has 0 bridgehead atoms. The summed E-state index contributed by atoms with van der Waals surface area (Å²) in [6, 6.07) is 0.0000846. The maximum absolute atomic E-state index is 11.9. The maximum atomic E-state index is 11.9. The van der Waals surface area contributed by atoms with Crippen LogP contribution in [0.2, 0.25) is 0 Å². The van der Waals surface area contributed by atoms with Crippen LogP contribution in [0.3, 0.4) is 0 Å². The molecule has 0 aliphatic rings. The van der Waals surface area contributed by atoms with Crippen LogP contribution in [-0.2, 0) is 4.79 Å². The molecular weight excluding hydrogens is 224 g/mol. The van der Waals surface area contributed by atoms with Crippen molar-refractivity contribution < 1.29 is 4.79 Å². The molecular formula is C15H32N2O. The van der Waals surface area contributed by atoms with E-state index in [1.54, 1.807) is 0 Å². The normalized spacial score (nSPS) is 12.7. The van der Waals surface area contributed by atoms with Gasteiger partial charge in [0, 0.05) is 6.54 Å². The van der Waals surface area contributed by atoms with E-state index in [4.69, 9.17) is 0 Å². The van der Waals surface area contributed by atoms with Crippen molar-refractivity contribution in [1.82, 2.24) is 10.2 Å². The van der Waals surface area contributed by atoms with Gasteiger partial charge in [0.1, 0.15) is 0 Å². The van der Waals surface area contributed by atoms with Gasteiger partial charge in [-0.05, 0) is 26.4 Å². The maximum Gasteiger partial charge on any atom is 0.237 e. The van der Waals surface area contributed by atoms with Gasteiger partial charge in [0.05, 0.1) is 6.04 Å².